The molecule has 12 heteroatoms. The largest absolute Gasteiger partial charge is 0.433 e. The van der Waals surface area contributed by atoms with E-state index in [0.29, 0.717) is 12.2 Å². The maximum Gasteiger partial charge on any atom is 0.433 e. The first-order chi connectivity index (χ1) is 16.7. The van der Waals surface area contributed by atoms with Gasteiger partial charge in [-0.2, -0.15) is 26.3 Å². The number of aliphatic imine (C=N–C) groups is 2. The Kier molecular flexibility index (Phi) is 7.75. The molecule has 0 unspecified atom stereocenters. The summed E-state index contributed by atoms with van der Waals surface area (Å²) in [6.45, 7) is 7.07. The molecule has 1 saturated carbocycles. The van der Waals surface area contributed by atoms with E-state index in [2.05, 4.69) is 30.6 Å². The lowest BCUT2D eigenvalue weighted by Crippen LogP contribution is -2.29. The maximum atomic E-state index is 13.1. The smallest absolute Gasteiger partial charge is 0.342 e. The molecule has 0 aromatic carbocycles. The van der Waals surface area contributed by atoms with Crippen molar-refractivity contribution in [1.29, 1.82) is 0 Å². The van der Waals surface area contributed by atoms with Gasteiger partial charge >= 0.3 is 12.4 Å². The van der Waals surface area contributed by atoms with Crippen LogP contribution in [0.25, 0.3) is 0 Å². The summed E-state index contributed by atoms with van der Waals surface area (Å²) in [7, 11) is 0. The Morgan fingerprint density at radius 2 is 1.69 bits per heavy atom. The van der Waals surface area contributed by atoms with E-state index in [0.717, 1.165) is 36.7 Å². The van der Waals surface area contributed by atoms with E-state index in [9.17, 15) is 26.3 Å². The van der Waals surface area contributed by atoms with Crippen LogP contribution in [0.4, 0.5) is 32.0 Å². The number of alkyl halides is 6. The van der Waals surface area contributed by atoms with Gasteiger partial charge in [-0.15, -0.1) is 0 Å². The summed E-state index contributed by atoms with van der Waals surface area (Å²) in [6.07, 6.45) is -6.02. The van der Waals surface area contributed by atoms with Crippen molar-refractivity contribution in [1.82, 2.24) is 15.3 Å². The van der Waals surface area contributed by atoms with Crippen LogP contribution in [0.3, 0.4) is 0 Å². The molecule has 0 amide bonds. The number of allylic oxidation sites excluding steroid dienone is 1. The zero-order valence-corrected chi connectivity index (χ0v) is 20.1. The third-order valence-corrected chi connectivity index (χ3v) is 5.55. The molecule has 2 N–H and O–H groups in total. The molecule has 194 valence electrons. The fourth-order valence-corrected chi connectivity index (χ4v) is 2.98. The topological polar surface area (TPSA) is 74.6 Å². The van der Waals surface area contributed by atoms with Gasteiger partial charge in [-0.05, 0) is 69.9 Å². The number of halogens is 6. The highest BCUT2D eigenvalue weighted by Crippen LogP contribution is 2.39. The van der Waals surface area contributed by atoms with Crippen molar-refractivity contribution in [3.63, 3.8) is 0 Å². The Balaban J connectivity index is 1.96. The molecule has 0 radical (unpaired) electrons. The van der Waals surface area contributed by atoms with Crippen LogP contribution in [-0.2, 0) is 12.4 Å². The molecule has 36 heavy (non-hydrogen) atoms. The molecule has 3 rings (SSSR count). The average molecular weight is 513 g/mol. The van der Waals surface area contributed by atoms with E-state index in [-0.39, 0.29) is 23.1 Å². The fourth-order valence-electron chi connectivity index (χ4n) is 2.98. The first-order valence-corrected chi connectivity index (χ1v) is 11.2. The van der Waals surface area contributed by atoms with Crippen LogP contribution >= 0.6 is 0 Å². The Morgan fingerprint density at radius 3 is 2.28 bits per heavy atom. The van der Waals surface area contributed by atoms with Crippen LogP contribution in [0.15, 0.2) is 57.9 Å². The van der Waals surface area contributed by atoms with Crippen molar-refractivity contribution >= 4 is 17.4 Å². The second-order valence-electron chi connectivity index (χ2n) is 8.72. The minimum atomic E-state index is -4.61. The second-order valence-corrected chi connectivity index (χ2v) is 8.72. The second kappa shape index (κ2) is 10.3. The molecule has 0 saturated heterocycles. The molecule has 0 atom stereocenters. The van der Waals surface area contributed by atoms with E-state index >= 15 is 0 Å². The third-order valence-electron chi connectivity index (χ3n) is 5.55. The zero-order valence-electron chi connectivity index (χ0n) is 20.1. The van der Waals surface area contributed by atoms with Crippen LogP contribution in [-0.4, -0.2) is 27.2 Å². The van der Waals surface area contributed by atoms with Crippen LogP contribution < -0.4 is 10.6 Å². The highest BCUT2D eigenvalue weighted by atomic mass is 19.4. The van der Waals surface area contributed by atoms with Gasteiger partial charge in [0.15, 0.2) is 0 Å². The van der Waals surface area contributed by atoms with Crippen molar-refractivity contribution < 1.29 is 26.3 Å². The van der Waals surface area contributed by atoms with Gasteiger partial charge in [0, 0.05) is 11.9 Å². The Labute approximate surface area is 204 Å². The molecular weight excluding hydrogens is 486 g/mol. The summed E-state index contributed by atoms with van der Waals surface area (Å²) >= 11 is 0. The number of guanidine groups is 1. The number of hydrogen-bond acceptors (Lipinski definition) is 4. The van der Waals surface area contributed by atoms with E-state index in [1.807, 2.05) is 13.8 Å². The van der Waals surface area contributed by atoms with Gasteiger partial charge in [-0.3, -0.25) is 4.98 Å². The number of nitrogens with zero attached hydrogens (tertiary/aromatic N) is 4. The van der Waals surface area contributed by atoms with Crippen molar-refractivity contribution in [2.75, 3.05) is 5.32 Å². The van der Waals surface area contributed by atoms with Crippen molar-refractivity contribution in [3.05, 3.63) is 65.0 Å². The minimum absolute atomic E-state index is 0.0231. The predicted octanol–water partition coefficient (Wildman–Crippen LogP) is 6.57. The summed E-state index contributed by atoms with van der Waals surface area (Å²) in [5.74, 6) is 0.459. The number of anilines is 1. The normalized spacial score (nSPS) is 16.9. The standard InChI is InChI=1S/C24H26F6N6/c1-5-14(2)20(33-16-9-12-31-19(13-16)24(28,29)30)35-21(36-22(4)10-11-22)32-15(3)17-7-6-8-18(34-17)23(25,26)27/h6-9,12-13H,5,10-11H2,1-4H3,(H,31,33)(H,35,36)/b20-14+,32-15?. The van der Waals surface area contributed by atoms with Gasteiger partial charge in [-0.1, -0.05) is 13.0 Å². The number of hydrogen-bond donors (Lipinski definition) is 2. The van der Waals surface area contributed by atoms with Crippen molar-refractivity contribution in [2.45, 2.75) is 64.8 Å². The Hall–Kier alpha value is -3.44. The number of pyridine rings is 2. The first kappa shape index (κ1) is 27.2. The molecule has 1 aliphatic rings. The lowest BCUT2D eigenvalue weighted by molar-refractivity contribution is -0.141. The number of aromatic nitrogens is 2. The Morgan fingerprint density at radius 1 is 1.03 bits per heavy atom. The third kappa shape index (κ3) is 7.28. The lowest BCUT2D eigenvalue weighted by Gasteiger charge is -2.18. The summed E-state index contributed by atoms with van der Waals surface area (Å²) in [5.41, 5.74) is -1.37. The molecular formula is C24H26F6N6. The van der Waals surface area contributed by atoms with E-state index in [1.54, 1.807) is 6.92 Å². The number of nitrogens with one attached hydrogen (secondary N) is 2. The molecule has 2 aromatic rings. The van der Waals surface area contributed by atoms with Gasteiger partial charge in [0.2, 0.25) is 5.96 Å². The SMILES string of the molecule is CC/C(C)=C(/NC(=NC1(C)CC1)N=C(C)c1cccc(C(F)(F)F)n1)Nc1ccnc(C(F)(F)F)c1. The highest BCUT2D eigenvalue weighted by Gasteiger charge is 2.38. The average Bonchev–Trinajstić information content (AvgIpc) is 3.53. The zero-order chi connectivity index (χ0) is 26.7. The molecule has 0 bridgehead atoms. The predicted molar refractivity (Wildman–Crippen MR) is 126 cm³/mol. The molecule has 1 fully saturated rings. The van der Waals surface area contributed by atoms with Crippen molar-refractivity contribution in [3.8, 4) is 0 Å². The van der Waals surface area contributed by atoms with E-state index < -0.39 is 29.3 Å². The van der Waals surface area contributed by atoms with Gasteiger partial charge in [0.25, 0.3) is 0 Å². The quantitative estimate of drug-likeness (QED) is 0.261. The first-order valence-electron chi connectivity index (χ1n) is 11.2. The molecule has 6 nitrogen and oxygen atoms in total. The van der Waals surface area contributed by atoms with Gasteiger partial charge < -0.3 is 10.6 Å². The minimum Gasteiger partial charge on any atom is -0.342 e. The van der Waals surface area contributed by atoms with E-state index in [4.69, 9.17) is 0 Å². The molecule has 0 aliphatic heterocycles. The molecule has 1 aliphatic carbocycles. The van der Waals surface area contributed by atoms with Gasteiger partial charge in [-0.25, -0.2) is 15.0 Å². The van der Waals surface area contributed by atoms with Crippen LogP contribution in [0.2, 0.25) is 0 Å². The maximum absolute atomic E-state index is 13.1. The van der Waals surface area contributed by atoms with Gasteiger partial charge in [0.05, 0.1) is 16.9 Å². The summed E-state index contributed by atoms with van der Waals surface area (Å²) in [4.78, 5) is 16.0. The molecule has 2 heterocycles. The highest BCUT2D eigenvalue weighted by molar-refractivity contribution is 6.05. The van der Waals surface area contributed by atoms with Gasteiger partial charge in [0.1, 0.15) is 17.2 Å². The van der Waals surface area contributed by atoms with Crippen LogP contribution in [0.5, 0.6) is 0 Å². The van der Waals surface area contributed by atoms with Crippen LogP contribution in [0.1, 0.15) is 64.0 Å². The van der Waals surface area contributed by atoms with E-state index in [1.165, 1.54) is 25.1 Å². The number of rotatable bonds is 6. The molecule has 0 spiro atoms. The summed E-state index contributed by atoms with van der Waals surface area (Å²) < 4.78 is 78.6. The lowest BCUT2D eigenvalue weighted by atomic mass is 10.2. The molecule has 2 aromatic heterocycles. The fraction of sp³-hybridized carbons (Fsp3) is 0.417. The Bertz CT molecular complexity index is 1190. The summed E-state index contributed by atoms with van der Waals surface area (Å²) in [6, 6.07) is 5.79. The summed E-state index contributed by atoms with van der Waals surface area (Å²) in [5, 5.41) is 5.97. The monoisotopic (exact) mass is 512 g/mol. The van der Waals surface area contributed by atoms with Crippen molar-refractivity contribution in [2.24, 2.45) is 9.98 Å². The van der Waals surface area contributed by atoms with Crippen LogP contribution in [0, 0.1) is 0 Å².